The summed E-state index contributed by atoms with van der Waals surface area (Å²) in [6, 6.07) is 11.5. The molecule has 3 aromatic rings. The average molecular weight is 436 g/mol. The molecule has 0 amide bonds. The maximum Gasteiger partial charge on any atom is 0.338 e. The molecule has 0 aliphatic carbocycles. The zero-order valence-corrected chi connectivity index (χ0v) is 18.2. The van der Waals surface area contributed by atoms with Crippen LogP contribution in [0.1, 0.15) is 25.5 Å². The molecule has 0 saturated heterocycles. The Kier molecular flexibility index (Phi) is 5.72. The number of methoxy groups -OCH3 is 2. The van der Waals surface area contributed by atoms with Crippen LogP contribution in [0.4, 0.5) is 5.95 Å². The molecule has 0 radical (unpaired) electrons. The molecule has 9 nitrogen and oxygen atoms in total. The van der Waals surface area contributed by atoms with E-state index >= 15 is 0 Å². The third-order valence-electron chi connectivity index (χ3n) is 5.20. The lowest BCUT2D eigenvalue weighted by Crippen LogP contribution is -2.29. The van der Waals surface area contributed by atoms with Gasteiger partial charge in [-0.15, -0.1) is 5.10 Å². The van der Waals surface area contributed by atoms with Crippen molar-refractivity contribution in [2.75, 3.05) is 26.1 Å². The van der Waals surface area contributed by atoms with Gasteiger partial charge in [-0.3, -0.25) is 0 Å². The third-order valence-corrected chi connectivity index (χ3v) is 5.20. The summed E-state index contributed by atoms with van der Waals surface area (Å²) in [7, 11) is 3.14. The van der Waals surface area contributed by atoms with E-state index in [0.717, 1.165) is 11.1 Å². The second-order valence-electron chi connectivity index (χ2n) is 7.15. The molecule has 2 heterocycles. The number of phenols is 1. The number of benzene rings is 2. The fraction of sp³-hybridized carbons (Fsp3) is 0.261. The van der Waals surface area contributed by atoms with Gasteiger partial charge in [-0.25, -0.2) is 9.48 Å². The number of nitrogens with one attached hydrogen (secondary N) is 1. The molecule has 0 bridgehead atoms. The minimum Gasteiger partial charge on any atom is -0.508 e. The predicted molar refractivity (Wildman–Crippen MR) is 118 cm³/mol. The molecule has 1 aliphatic heterocycles. The van der Waals surface area contributed by atoms with Crippen molar-refractivity contribution < 1.29 is 24.1 Å². The lowest BCUT2D eigenvalue weighted by molar-refractivity contribution is -0.139. The van der Waals surface area contributed by atoms with Crippen molar-refractivity contribution in [1.82, 2.24) is 14.8 Å². The summed E-state index contributed by atoms with van der Waals surface area (Å²) in [5, 5.41) is 17.6. The predicted octanol–water partition coefficient (Wildman–Crippen LogP) is 3.52. The molecule has 2 aromatic carbocycles. The van der Waals surface area contributed by atoms with E-state index < -0.39 is 12.0 Å². The minimum absolute atomic E-state index is 0.130. The molecular formula is C23H24N4O5. The Labute approximate surface area is 185 Å². The first-order chi connectivity index (χ1) is 15.5. The van der Waals surface area contributed by atoms with Gasteiger partial charge in [0.25, 0.3) is 0 Å². The van der Waals surface area contributed by atoms with Crippen LogP contribution in [0.25, 0.3) is 11.4 Å². The summed E-state index contributed by atoms with van der Waals surface area (Å²) in [5.74, 6) is 1.79. The van der Waals surface area contributed by atoms with Gasteiger partial charge in [0.1, 0.15) is 11.8 Å². The molecule has 32 heavy (non-hydrogen) atoms. The van der Waals surface area contributed by atoms with Crippen LogP contribution in [-0.4, -0.2) is 46.7 Å². The molecular weight excluding hydrogens is 412 g/mol. The number of carbonyl (C=O) groups is 1. The van der Waals surface area contributed by atoms with Gasteiger partial charge in [-0.1, -0.05) is 12.1 Å². The SMILES string of the molecule is CCOC(=O)C1=C(C)Nc2nc(-c3ccc(OC)c(OC)c3)nn2C1c1ccc(O)cc1. The van der Waals surface area contributed by atoms with Crippen molar-refractivity contribution in [1.29, 1.82) is 0 Å². The van der Waals surface area contributed by atoms with E-state index in [1.54, 1.807) is 69.1 Å². The second-order valence-corrected chi connectivity index (χ2v) is 7.15. The first kappa shape index (κ1) is 21.2. The number of hydrogen-bond acceptors (Lipinski definition) is 8. The highest BCUT2D eigenvalue weighted by molar-refractivity contribution is 5.92. The summed E-state index contributed by atoms with van der Waals surface area (Å²) in [6.45, 7) is 3.81. The van der Waals surface area contributed by atoms with Crippen LogP contribution in [0.3, 0.4) is 0 Å². The average Bonchev–Trinajstić information content (AvgIpc) is 3.22. The van der Waals surface area contributed by atoms with Crippen molar-refractivity contribution in [2.45, 2.75) is 19.9 Å². The largest absolute Gasteiger partial charge is 0.508 e. The Hall–Kier alpha value is -4.01. The van der Waals surface area contributed by atoms with E-state index in [4.69, 9.17) is 19.3 Å². The van der Waals surface area contributed by atoms with E-state index in [0.29, 0.717) is 34.5 Å². The van der Waals surface area contributed by atoms with Gasteiger partial charge in [0, 0.05) is 11.3 Å². The zero-order chi connectivity index (χ0) is 22.8. The van der Waals surface area contributed by atoms with Gasteiger partial charge in [0.05, 0.1) is 26.4 Å². The molecule has 9 heteroatoms. The van der Waals surface area contributed by atoms with Crippen LogP contribution in [0.2, 0.25) is 0 Å². The fourth-order valence-electron chi connectivity index (χ4n) is 3.69. The van der Waals surface area contributed by atoms with Gasteiger partial charge in [0.15, 0.2) is 17.3 Å². The second kappa shape index (κ2) is 8.62. The fourth-order valence-corrected chi connectivity index (χ4v) is 3.69. The third kappa shape index (κ3) is 3.73. The number of aromatic hydroxyl groups is 1. The molecule has 166 valence electrons. The van der Waals surface area contributed by atoms with Crippen LogP contribution in [-0.2, 0) is 9.53 Å². The highest BCUT2D eigenvalue weighted by Crippen LogP contribution is 2.38. The number of fused-ring (bicyclic) bond motifs is 1. The van der Waals surface area contributed by atoms with Gasteiger partial charge in [-0.05, 0) is 49.7 Å². The lowest BCUT2D eigenvalue weighted by atomic mass is 9.96. The first-order valence-electron chi connectivity index (χ1n) is 10.1. The monoisotopic (exact) mass is 436 g/mol. The Balaban J connectivity index is 1.84. The molecule has 2 N–H and O–H groups in total. The number of esters is 1. The van der Waals surface area contributed by atoms with Crippen LogP contribution in [0.5, 0.6) is 17.2 Å². The smallest absolute Gasteiger partial charge is 0.338 e. The van der Waals surface area contributed by atoms with E-state index in [1.165, 1.54) is 0 Å². The van der Waals surface area contributed by atoms with E-state index in [2.05, 4.69) is 10.3 Å². The zero-order valence-electron chi connectivity index (χ0n) is 18.2. The molecule has 4 rings (SSSR count). The maximum absolute atomic E-state index is 12.8. The number of hydrogen-bond donors (Lipinski definition) is 2. The number of ether oxygens (including phenoxy) is 3. The number of nitrogens with zero attached hydrogens (tertiary/aromatic N) is 3. The first-order valence-corrected chi connectivity index (χ1v) is 10.1. The molecule has 0 spiro atoms. The Bertz CT molecular complexity index is 1180. The van der Waals surface area contributed by atoms with Crippen LogP contribution >= 0.6 is 0 Å². The normalized spacial score (nSPS) is 15.1. The van der Waals surface area contributed by atoms with Crippen molar-refractivity contribution in [3.05, 3.63) is 59.3 Å². The van der Waals surface area contributed by atoms with Crippen molar-refractivity contribution in [2.24, 2.45) is 0 Å². The van der Waals surface area contributed by atoms with Crippen LogP contribution in [0.15, 0.2) is 53.7 Å². The number of rotatable bonds is 6. The summed E-state index contributed by atoms with van der Waals surface area (Å²) in [5.41, 5.74) is 2.54. The van der Waals surface area contributed by atoms with Gasteiger partial charge < -0.3 is 24.6 Å². The summed E-state index contributed by atoms with van der Waals surface area (Å²) in [4.78, 5) is 17.5. The molecule has 1 aliphatic rings. The Morgan fingerprint density at radius 2 is 1.84 bits per heavy atom. The summed E-state index contributed by atoms with van der Waals surface area (Å²) in [6.07, 6.45) is 0. The van der Waals surface area contributed by atoms with Crippen LogP contribution in [0, 0.1) is 0 Å². The van der Waals surface area contributed by atoms with Gasteiger partial charge in [-0.2, -0.15) is 4.98 Å². The number of phenolic OH excluding ortho intramolecular Hbond substituents is 1. The number of aromatic nitrogens is 3. The van der Waals surface area contributed by atoms with Crippen molar-refractivity contribution in [3.8, 4) is 28.6 Å². The Morgan fingerprint density at radius 1 is 1.12 bits per heavy atom. The highest BCUT2D eigenvalue weighted by Gasteiger charge is 2.35. The molecule has 1 atom stereocenters. The highest BCUT2D eigenvalue weighted by atomic mass is 16.5. The Morgan fingerprint density at radius 3 is 2.50 bits per heavy atom. The number of allylic oxidation sites excluding steroid dienone is 1. The molecule has 0 saturated carbocycles. The van der Waals surface area contributed by atoms with Gasteiger partial charge in [0.2, 0.25) is 5.95 Å². The van der Waals surface area contributed by atoms with Crippen LogP contribution < -0.4 is 14.8 Å². The van der Waals surface area contributed by atoms with E-state index in [9.17, 15) is 9.90 Å². The van der Waals surface area contributed by atoms with Gasteiger partial charge >= 0.3 is 5.97 Å². The lowest BCUT2D eigenvalue weighted by Gasteiger charge is -2.28. The minimum atomic E-state index is -0.577. The van der Waals surface area contributed by atoms with E-state index in [1.807, 2.05) is 6.07 Å². The molecule has 1 unspecified atom stereocenters. The topological polar surface area (TPSA) is 108 Å². The standard InChI is InChI=1S/C23H24N4O5/c1-5-32-22(29)19-13(2)24-23-25-21(15-8-11-17(30-3)18(12-15)31-4)26-27(23)20(19)14-6-9-16(28)10-7-14/h6-12,20,28H,5H2,1-4H3,(H,24,25,26). The number of carbonyl (C=O) groups excluding carboxylic acids is 1. The van der Waals surface area contributed by atoms with Crippen molar-refractivity contribution >= 4 is 11.9 Å². The number of anilines is 1. The maximum atomic E-state index is 12.8. The quantitative estimate of drug-likeness (QED) is 0.565. The summed E-state index contributed by atoms with van der Waals surface area (Å²) >= 11 is 0. The van der Waals surface area contributed by atoms with Crippen molar-refractivity contribution in [3.63, 3.8) is 0 Å². The molecule has 1 aromatic heterocycles. The van der Waals surface area contributed by atoms with E-state index in [-0.39, 0.29) is 12.4 Å². The summed E-state index contributed by atoms with van der Waals surface area (Å²) < 4.78 is 17.7. The molecule has 0 fully saturated rings.